The van der Waals surface area contributed by atoms with Crippen LogP contribution in [0.15, 0.2) is 101 Å². The maximum Gasteiger partial charge on any atom is 0.294 e. The summed E-state index contributed by atoms with van der Waals surface area (Å²) < 4.78 is 24.8. The number of anilines is 1. The summed E-state index contributed by atoms with van der Waals surface area (Å²) in [5.74, 6) is 0.393. The molecule has 3 aromatic carbocycles. The average Bonchev–Trinajstić information content (AvgIpc) is 3.39. The zero-order valence-corrected chi connectivity index (χ0v) is 18.6. The first-order valence-corrected chi connectivity index (χ1v) is 11.0. The Kier molecular flexibility index (Phi) is 6.13. The van der Waals surface area contributed by atoms with Gasteiger partial charge in [0.25, 0.3) is 11.8 Å². The molecule has 0 radical (unpaired) electrons. The molecule has 2 amide bonds. The molecule has 6 nitrogen and oxygen atoms in total. The SMILES string of the molecule is O=C(NCc1ccco1)c1ccc(/C=C2\Oc3ccccc3N(Cc3cccc(F)c3)C2=O)cc1. The van der Waals surface area contributed by atoms with Crippen molar-refractivity contribution < 1.29 is 23.1 Å². The van der Waals surface area contributed by atoms with Crippen LogP contribution in [0, 0.1) is 5.82 Å². The van der Waals surface area contributed by atoms with Gasteiger partial charge in [-0.3, -0.25) is 14.5 Å². The van der Waals surface area contributed by atoms with Gasteiger partial charge in [0.2, 0.25) is 0 Å². The Balaban J connectivity index is 1.36. The number of halogens is 1. The minimum absolute atomic E-state index is 0.134. The number of para-hydroxylation sites is 2. The number of nitrogens with zero attached hydrogens (tertiary/aromatic N) is 1. The second-order valence-corrected chi connectivity index (χ2v) is 7.98. The molecule has 1 aliphatic rings. The van der Waals surface area contributed by atoms with Gasteiger partial charge in [-0.1, -0.05) is 36.4 Å². The Hall–Kier alpha value is -4.65. The lowest BCUT2D eigenvalue weighted by atomic mass is 10.1. The highest BCUT2D eigenvalue weighted by molar-refractivity contribution is 6.09. The van der Waals surface area contributed by atoms with E-state index in [1.807, 2.05) is 12.1 Å². The topological polar surface area (TPSA) is 71.8 Å². The summed E-state index contributed by atoms with van der Waals surface area (Å²) in [5, 5.41) is 2.79. The standard InChI is InChI=1S/C28H21FN2O4/c29-22-6-3-5-20(15-22)18-31-24-8-1-2-9-25(24)35-26(28(31)33)16-19-10-12-21(13-11-19)27(32)30-17-23-7-4-14-34-23/h1-16H,17-18H2,(H,30,32)/b26-16-. The van der Waals surface area contributed by atoms with Gasteiger partial charge in [-0.25, -0.2) is 4.39 Å². The third kappa shape index (κ3) is 4.99. The van der Waals surface area contributed by atoms with Crippen LogP contribution in [-0.2, 0) is 17.9 Å². The van der Waals surface area contributed by atoms with Crippen LogP contribution in [0.1, 0.15) is 27.2 Å². The highest BCUT2D eigenvalue weighted by Crippen LogP contribution is 2.36. The highest BCUT2D eigenvalue weighted by Gasteiger charge is 2.30. The van der Waals surface area contributed by atoms with Gasteiger partial charge in [0.15, 0.2) is 11.5 Å². The van der Waals surface area contributed by atoms with Crippen molar-refractivity contribution in [3.8, 4) is 5.75 Å². The predicted octanol–water partition coefficient (Wildman–Crippen LogP) is 5.32. The van der Waals surface area contributed by atoms with Crippen molar-refractivity contribution in [3.63, 3.8) is 0 Å². The number of nitrogens with one attached hydrogen (secondary N) is 1. The summed E-state index contributed by atoms with van der Waals surface area (Å²) in [4.78, 5) is 27.3. The summed E-state index contributed by atoms with van der Waals surface area (Å²) in [5.41, 5.74) is 2.45. The number of carbonyl (C=O) groups excluding carboxylic acids is 2. The minimum atomic E-state index is -0.361. The summed E-state index contributed by atoms with van der Waals surface area (Å²) >= 11 is 0. The number of fused-ring (bicyclic) bond motifs is 1. The van der Waals surface area contributed by atoms with Gasteiger partial charge in [0.1, 0.15) is 11.6 Å². The van der Waals surface area contributed by atoms with Crippen LogP contribution in [0.25, 0.3) is 6.08 Å². The van der Waals surface area contributed by atoms with Gasteiger partial charge >= 0.3 is 0 Å². The largest absolute Gasteiger partial charge is 0.467 e. The van der Waals surface area contributed by atoms with E-state index in [-0.39, 0.29) is 29.9 Å². The van der Waals surface area contributed by atoms with Gasteiger partial charge in [0.05, 0.1) is 25.0 Å². The summed E-state index contributed by atoms with van der Waals surface area (Å²) in [6.45, 7) is 0.490. The van der Waals surface area contributed by atoms with E-state index in [0.29, 0.717) is 40.4 Å². The molecule has 2 heterocycles. The molecule has 5 rings (SSSR count). The number of rotatable bonds is 6. The van der Waals surface area contributed by atoms with Gasteiger partial charge in [0, 0.05) is 5.56 Å². The fourth-order valence-electron chi connectivity index (χ4n) is 3.80. The van der Waals surface area contributed by atoms with Crippen molar-refractivity contribution in [2.45, 2.75) is 13.1 Å². The van der Waals surface area contributed by atoms with Crippen molar-refractivity contribution in [3.05, 3.63) is 125 Å². The molecule has 1 N–H and O–H groups in total. The van der Waals surface area contributed by atoms with Gasteiger partial charge < -0.3 is 14.5 Å². The van der Waals surface area contributed by atoms with E-state index in [9.17, 15) is 14.0 Å². The average molecular weight is 468 g/mol. The van der Waals surface area contributed by atoms with Crippen LogP contribution in [0.5, 0.6) is 5.75 Å². The first kappa shape index (κ1) is 22.2. The molecule has 0 atom stereocenters. The maximum absolute atomic E-state index is 13.7. The molecule has 1 aromatic heterocycles. The van der Waals surface area contributed by atoms with Gasteiger partial charge in [-0.15, -0.1) is 0 Å². The number of amides is 2. The van der Waals surface area contributed by atoms with Gasteiger partial charge in [-0.2, -0.15) is 0 Å². The fourth-order valence-corrected chi connectivity index (χ4v) is 3.80. The van der Waals surface area contributed by atoms with Gasteiger partial charge in [-0.05, 0) is 65.7 Å². The number of carbonyl (C=O) groups is 2. The quantitative estimate of drug-likeness (QED) is 0.389. The first-order valence-electron chi connectivity index (χ1n) is 11.0. The molecule has 0 fully saturated rings. The van der Waals surface area contributed by atoms with Crippen LogP contribution in [0.2, 0.25) is 0 Å². The lowest BCUT2D eigenvalue weighted by Gasteiger charge is -2.30. The van der Waals surface area contributed by atoms with E-state index < -0.39 is 0 Å². The first-order chi connectivity index (χ1) is 17.1. The van der Waals surface area contributed by atoms with Crippen LogP contribution in [0.3, 0.4) is 0 Å². The fraction of sp³-hybridized carbons (Fsp3) is 0.0714. The normalized spacial score (nSPS) is 13.9. The molecule has 0 spiro atoms. The number of ether oxygens (including phenoxy) is 1. The van der Waals surface area contributed by atoms with Crippen molar-refractivity contribution in [1.29, 1.82) is 0 Å². The van der Waals surface area contributed by atoms with E-state index in [0.717, 1.165) is 0 Å². The summed E-state index contributed by atoms with van der Waals surface area (Å²) in [6, 6.07) is 23.7. The third-order valence-corrected chi connectivity index (χ3v) is 5.54. The van der Waals surface area contributed by atoms with Crippen LogP contribution in [0.4, 0.5) is 10.1 Å². The molecule has 0 bridgehead atoms. The Labute approximate surface area is 201 Å². The van der Waals surface area contributed by atoms with Crippen LogP contribution in [-0.4, -0.2) is 11.8 Å². The zero-order valence-electron chi connectivity index (χ0n) is 18.6. The molecule has 4 aromatic rings. The molecule has 0 aliphatic carbocycles. The molecular weight excluding hydrogens is 447 g/mol. The lowest BCUT2D eigenvalue weighted by molar-refractivity contribution is -0.117. The van der Waals surface area contributed by atoms with Crippen molar-refractivity contribution >= 4 is 23.6 Å². The molecule has 35 heavy (non-hydrogen) atoms. The molecule has 0 unspecified atom stereocenters. The van der Waals surface area contributed by atoms with Crippen LogP contribution >= 0.6 is 0 Å². The Morgan fingerprint density at radius 3 is 2.57 bits per heavy atom. The van der Waals surface area contributed by atoms with Crippen molar-refractivity contribution in [2.75, 3.05) is 4.90 Å². The zero-order chi connectivity index (χ0) is 24.2. The molecule has 1 aliphatic heterocycles. The lowest BCUT2D eigenvalue weighted by Crippen LogP contribution is -2.36. The molecule has 174 valence electrons. The number of furan rings is 1. The summed E-state index contributed by atoms with van der Waals surface area (Å²) in [7, 11) is 0. The number of hydrogen-bond donors (Lipinski definition) is 1. The maximum atomic E-state index is 13.7. The second kappa shape index (κ2) is 9.69. The smallest absolute Gasteiger partial charge is 0.294 e. The second-order valence-electron chi connectivity index (χ2n) is 7.98. The molecular formula is C28H21FN2O4. The van der Waals surface area contributed by atoms with E-state index in [1.54, 1.807) is 77.9 Å². The van der Waals surface area contributed by atoms with E-state index in [4.69, 9.17) is 9.15 Å². The third-order valence-electron chi connectivity index (χ3n) is 5.54. The summed E-state index contributed by atoms with van der Waals surface area (Å²) in [6.07, 6.45) is 3.18. The Bertz CT molecular complexity index is 1390. The number of hydrogen-bond acceptors (Lipinski definition) is 4. The Morgan fingerprint density at radius 2 is 1.80 bits per heavy atom. The van der Waals surface area contributed by atoms with Crippen molar-refractivity contribution in [1.82, 2.24) is 5.32 Å². The Morgan fingerprint density at radius 1 is 0.971 bits per heavy atom. The van der Waals surface area contributed by atoms with Crippen molar-refractivity contribution in [2.24, 2.45) is 0 Å². The molecule has 0 saturated heterocycles. The molecule has 0 saturated carbocycles. The highest BCUT2D eigenvalue weighted by atomic mass is 19.1. The number of benzene rings is 3. The van der Waals surface area contributed by atoms with E-state index in [2.05, 4.69) is 5.32 Å². The monoisotopic (exact) mass is 468 g/mol. The van der Waals surface area contributed by atoms with Crippen LogP contribution < -0.4 is 15.0 Å². The van der Waals surface area contributed by atoms with E-state index in [1.165, 1.54) is 12.1 Å². The van der Waals surface area contributed by atoms with E-state index >= 15 is 0 Å². The predicted molar refractivity (Wildman–Crippen MR) is 129 cm³/mol. The molecule has 7 heteroatoms. The minimum Gasteiger partial charge on any atom is -0.467 e.